The van der Waals surface area contributed by atoms with Crippen LogP contribution in [0.1, 0.15) is 37.2 Å². The molecule has 20 heteroatoms. The SMILES string of the molecule is COc1cc(N2CCN(C(=O)CN3CCC(c4ccc(NC5CCC(=O)NC5=O)cc4)CC3)CC2)c(-c2cnn(C)c2)cc1Nc1ncc(Br)c(Nc2ccc3nccnc3c2P(C)(C)=O)n1. The first kappa shape index (κ1) is 45.7. The number of benzene rings is 3. The summed E-state index contributed by atoms with van der Waals surface area (Å²) in [5.41, 5.74) is 7.38. The number of nitrogens with one attached hydrogen (secondary N) is 4. The minimum atomic E-state index is -2.82. The fourth-order valence-corrected chi connectivity index (χ4v) is 10.8. The quantitative estimate of drug-likeness (QED) is 0.0766. The van der Waals surface area contributed by atoms with Gasteiger partial charge in [0.2, 0.25) is 23.7 Å². The zero-order chi connectivity index (χ0) is 46.8. The Morgan fingerprint density at radius 1 is 0.910 bits per heavy atom. The van der Waals surface area contributed by atoms with Gasteiger partial charge in [-0.1, -0.05) is 12.1 Å². The van der Waals surface area contributed by atoms with Crippen molar-refractivity contribution in [1.29, 1.82) is 0 Å². The summed E-state index contributed by atoms with van der Waals surface area (Å²) in [6, 6.07) is 15.5. The maximum atomic E-state index is 13.7. The number of aryl methyl sites for hydroxylation is 1. The van der Waals surface area contributed by atoms with E-state index in [0.29, 0.717) is 101 Å². The molecule has 6 aromatic rings. The zero-order valence-electron chi connectivity index (χ0n) is 37.8. The van der Waals surface area contributed by atoms with Crippen LogP contribution in [0.15, 0.2) is 84.0 Å². The number of imide groups is 1. The van der Waals surface area contributed by atoms with E-state index in [1.54, 1.807) is 43.7 Å². The number of methoxy groups -OCH3 is 1. The normalized spacial score (nSPS) is 17.4. The third-order valence-corrected chi connectivity index (χ3v) is 14.7. The van der Waals surface area contributed by atoms with Gasteiger partial charge in [0.15, 0.2) is 0 Å². The second kappa shape index (κ2) is 19.4. The van der Waals surface area contributed by atoms with Crippen LogP contribution >= 0.6 is 23.1 Å². The van der Waals surface area contributed by atoms with E-state index < -0.39 is 13.2 Å². The summed E-state index contributed by atoms with van der Waals surface area (Å²) in [5.74, 6) is 1.37. The van der Waals surface area contributed by atoms with Crippen LogP contribution in [0.5, 0.6) is 5.75 Å². The molecule has 67 heavy (non-hydrogen) atoms. The molecule has 3 saturated heterocycles. The Bertz CT molecular complexity index is 2870. The number of hydrogen-bond donors (Lipinski definition) is 4. The predicted octanol–water partition coefficient (Wildman–Crippen LogP) is 6.07. The number of rotatable bonds is 13. The Balaban J connectivity index is 0.844. The molecule has 1 atom stereocenters. The summed E-state index contributed by atoms with van der Waals surface area (Å²) >= 11 is 3.59. The van der Waals surface area contributed by atoms with E-state index in [4.69, 9.17) is 9.72 Å². The standard InChI is InChI=1S/C47H53BrN13O5P/c1-58-27-31(25-52-58)33-23-38(55-47-51-26-34(48)45(57-47)54-36-10-9-35-43(50-16-15-49-35)44(36)67(3,4)65)40(66-2)24-39(33)60-19-21-61(22-20-60)42(63)28-59-17-13-30(14-18-59)29-5-7-32(8-6-29)53-37-11-12-41(62)56-46(37)64/h5-10,15-16,23-27,30,37,53H,11-14,17-22,28H2,1-4H3,(H,56,62,64)(H2,51,54,55,57). The van der Waals surface area contributed by atoms with Gasteiger partial charge < -0.3 is 35.1 Å². The van der Waals surface area contributed by atoms with Crippen LogP contribution in [0.4, 0.5) is 34.5 Å². The molecule has 0 bridgehead atoms. The number of anilines is 6. The summed E-state index contributed by atoms with van der Waals surface area (Å²) in [5, 5.41) is 17.5. The van der Waals surface area contributed by atoms with Crippen molar-refractivity contribution in [3.63, 3.8) is 0 Å². The number of nitrogens with zero attached hydrogens (tertiary/aromatic N) is 9. The molecule has 0 spiro atoms. The average molecular weight is 991 g/mol. The number of fused-ring (bicyclic) bond motifs is 1. The van der Waals surface area contributed by atoms with Gasteiger partial charge in [0.25, 0.3) is 0 Å². The molecule has 3 aromatic heterocycles. The highest BCUT2D eigenvalue weighted by Crippen LogP contribution is 2.43. The van der Waals surface area contributed by atoms with Gasteiger partial charge in [0.1, 0.15) is 30.3 Å². The molecule has 9 rings (SSSR count). The highest BCUT2D eigenvalue weighted by Gasteiger charge is 2.30. The highest BCUT2D eigenvalue weighted by molar-refractivity contribution is 9.10. The summed E-state index contributed by atoms with van der Waals surface area (Å²) in [4.78, 5) is 62.2. The van der Waals surface area contributed by atoms with Crippen LogP contribution in [0.25, 0.3) is 22.2 Å². The number of amides is 3. The minimum absolute atomic E-state index is 0.138. The van der Waals surface area contributed by atoms with Crippen LogP contribution in [0, 0.1) is 0 Å². The molecular weight excluding hydrogens is 937 g/mol. The second-order valence-electron chi connectivity index (χ2n) is 17.5. The number of piperazine rings is 1. The largest absolute Gasteiger partial charge is 0.494 e. The van der Waals surface area contributed by atoms with Gasteiger partial charge in [0.05, 0.1) is 46.5 Å². The molecule has 0 radical (unpaired) electrons. The maximum Gasteiger partial charge on any atom is 0.249 e. The molecule has 3 aromatic carbocycles. The van der Waals surface area contributed by atoms with Crippen molar-refractivity contribution in [2.24, 2.45) is 7.05 Å². The number of piperidine rings is 2. The number of halogens is 1. The smallest absolute Gasteiger partial charge is 0.249 e. The van der Waals surface area contributed by atoms with Gasteiger partial charge in [-0.3, -0.25) is 39.3 Å². The van der Waals surface area contributed by atoms with E-state index in [0.717, 1.165) is 48.4 Å². The Morgan fingerprint density at radius 2 is 1.67 bits per heavy atom. The fraction of sp³-hybridized carbons (Fsp3) is 0.362. The Hall–Kier alpha value is -6.43. The molecule has 3 aliphatic rings. The lowest BCUT2D eigenvalue weighted by molar-refractivity contribution is -0.134. The molecule has 3 amide bonds. The molecule has 4 N–H and O–H groups in total. The van der Waals surface area contributed by atoms with Gasteiger partial charge in [-0.15, -0.1) is 0 Å². The van der Waals surface area contributed by atoms with Gasteiger partial charge in [-0.2, -0.15) is 10.1 Å². The Kier molecular flexibility index (Phi) is 13.3. The third-order valence-electron chi connectivity index (χ3n) is 12.6. The minimum Gasteiger partial charge on any atom is -0.494 e. The number of hydrogen-bond acceptors (Lipinski definition) is 15. The van der Waals surface area contributed by atoms with E-state index in [9.17, 15) is 18.9 Å². The number of aromatic nitrogens is 6. The van der Waals surface area contributed by atoms with Crippen molar-refractivity contribution < 1.29 is 23.7 Å². The Morgan fingerprint density at radius 3 is 2.37 bits per heavy atom. The van der Waals surface area contributed by atoms with E-state index in [-0.39, 0.29) is 17.7 Å². The summed E-state index contributed by atoms with van der Waals surface area (Å²) < 4.78 is 21.9. The fourth-order valence-electron chi connectivity index (χ4n) is 9.12. The van der Waals surface area contributed by atoms with E-state index in [2.05, 4.69) is 79.2 Å². The molecule has 3 aliphatic heterocycles. The topological polar surface area (TPSA) is 205 Å². The number of ether oxygens (including phenoxy) is 1. The molecule has 1 unspecified atom stereocenters. The lowest BCUT2D eigenvalue weighted by Crippen LogP contribution is -2.52. The van der Waals surface area contributed by atoms with Crippen molar-refractivity contribution in [2.45, 2.75) is 37.6 Å². The molecule has 0 saturated carbocycles. The van der Waals surface area contributed by atoms with Crippen LogP contribution in [0.2, 0.25) is 0 Å². The van der Waals surface area contributed by atoms with Crippen molar-refractivity contribution in [3.05, 3.63) is 89.6 Å². The average Bonchev–Trinajstić information content (AvgIpc) is 3.76. The third kappa shape index (κ3) is 10.3. The van der Waals surface area contributed by atoms with Gasteiger partial charge >= 0.3 is 0 Å². The van der Waals surface area contributed by atoms with Gasteiger partial charge in [-0.25, -0.2) is 4.98 Å². The van der Waals surface area contributed by atoms with E-state index in [1.165, 1.54) is 5.56 Å². The predicted molar refractivity (Wildman–Crippen MR) is 264 cm³/mol. The maximum absolute atomic E-state index is 13.7. The van der Waals surface area contributed by atoms with Gasteiger partial charge in [-0.05, 0) is 103 Å². The highest BCUT2D eigenvalue weighted by atomic mass is 79.9. The number of likely N-dealkylation sites (tertiary alicyclic amines) is 1. The molecule has 348 valence electrons. The van der Waals surface area contributed by atoms with Crippen molar-refractivity contribution >= 4 is 91.6 Å². The summed E-state index contributed by atoms with van der Waals surface area (Å²) in [7, 11) is 0.693. The molecule has 0 aliphatic carbocycles. The first-order valence-electron chi connectivity index (χ1n) is 22.3. The lowest BCUT2D eigenvalue weighted by Gasteiger charge is -2.39. The van der Waals surface area contributed by atoms with Crippen molar-refractivity contribution in [1.82, 2.24) is 44.8 Å². The van der Waals surface area contributed by atoms with Gasteiger partial charge in [0, 0.05) is 93.0 Å². The monoisotopic (exact) mass is 989 g/mol. The van der Waals surface area contributed by atoms with E-state index >= 15 is 0 Å². The first-order valence-corrected chi connectivity index (χ1v) is 25.7. The number of carbonyl (C=O) groups is 3. The second-order valence-corrected chi connectivity index (χ2v) is 21.5. The molecule has 18 nitrogen and oxygen atoms in total. The molecular formula is C47H53BrN13O5P. The van der Waals surface area contributed by atoms with E-state index in [1.807, 2.05) is 60.7 Å². The van der Waals surface area contributed by atoms with Crippen molar-refractivity contribution in [3.8, 4) is 16.9 Å². The first-order chi connectivity index (χ1) is 32.3. The van der Waals surface area contributed by atoms with Crippen LogP contribution in [0.3, 0.4) is 0 Å². The molecule has 6 heterocycles. The summed E-state index contributed by atoms with van der Waals surface area (Å²) in [6.45, 7) is 7.94. The van der Waals surface area contributed by atoms with Crippen LogP contribution < -0.4 is 36.2 Å². The summed E-state index contributed by atoms with van der Waals surface area (Å²) in [6.07, 6.45) is 11.4. The lowest BCUT2D eigenvalue weighted by atomic mass is 9.89. The number of carbonyl (C=O) groups excluding carboxylic acids is 3. The molecule has 3 fully saturated rings. The Labute approximate surface area is 396 Å². The van der Waals surface area contributed by atoms with Crippen LogP contribution in [-0.2, 0) is 26.0 Å². The zero-order valence-corrected chi connectivity index (χ0v) is 40.3. The van der Waals surface area contributed by atoms with Crippen LogP contribution in [-0.4, -0.2) is 130 Å². The van der Waals surface area contributed by atoms with Crippen molar-refractivity contribution in [2.75, 3.05) is 87.1 Å².